The van der Waals surface area contributed by atoms with Crippen molar-refractivity contribution in [2.45, 2.75) is 0 Å². The normalized spacial score (nSPS) is 0. The second-order valence-electron chi connectivity index (χ2n) is 0. The van der Waals surface area contributed by atoms with Gasteiger partial charge >= 0.3 is 67.7 Å². The minimum absolute atomic E-state index is 0. The second-order valence-corrected chi connectivity index (χ2v) is 0. The van der Waals surface area contributed by atoms with Gasteiger partial charge < -0.3 is 0 Å². The van der Waals surface area contributed by atoms with Crippen LogP contribution in [0.2, 0.25) is 0 Å². The molecule has 0 saturated carbocycles. The summed E-state index contributed by atoms with van der Waals surface area (Å²) in [5.74, 6) is 0. The van der Waals surface area contributed by atoms with E-state index in [1.807, 2.05) is 0 Å². The van der Waals surface area contributed by atoms with Gasteiger partial charge in [0.05, 0.1) is 0 Å². The van der Waals surface area contributed by atoms with Gasteiger partial charge in [0.1, 0.15) is 0 Å². The van der Waals surface area contributed by atoms with Crippen LogP contribution in [0, 0.1) is 0 Å². The van der Waals surface area contributed by atoms with Crippen molar-refractivity contribution < 1.29 is 14.1 Å². The van der Waals surface area contributed by atoms with Crippen LogP contribution in [0.1, 0.15) is 0 Å². The fourth-order valence-corrected chi connectivity index (χ4v) is 0. The van der Waals surface area contributed by atoms with Crippen LogP contribution in [0.5, 0.6) is 0 Å². The monoisotopic (exact) mass is 208 g/mol. The molecule has 0 rings (SSSR count). The standard InChI is InChI=1S/Ba.3FH.Li.3H/h;3*1H;;;;. The molecule has 0 atom stereocenters. The third-order valence-corrected chi connectivity index (χ3v) is 0. The molecule has 0 aliphatic carbocycles. The van der Waals surface area contributed by atoms with E-state index in [0.717, 1.165) is 0 Å². The summed E-state index contributed by atoms with van der Waals surface area (Å²) in [6.07, 6.45) is 0. The Morgan fingerprint density at radius 3 is 0.600 bits per heavy atom. The van der Waals surface area contributed by atoms with Gasteiger partial charge in [-0.15, -0.1) is 0 Å². The summed E-state index contributed by atoms with van der Waals surface area (Å²) in [6.45, 7) is 0. The molecule has 0 saturated heterocycles. The predicted octanol–water partition coefficient (Wildman–Crippen LogP) is -1.11. The molecule has 0 radical (unpaired) electrons. The van der Waals surface area contributed by atoms with Crippen LogP contribution >= 0.6 is 0 Å². The van der Waals surface area contributed by atoms with Crippen LogP contribution in [-0.4, -0.2) is 67.7 Å². The Hall–Kier alpha value is 1.96. The predicted molar refractivity (Wildman–Crippen MR) is 23.2 cm³/mol. The number of rotatable bonds is 0. The number of hydrogen-bond donors (Lipinski definition) is 0. The van der Waals surface area contributed by atoms with Crippen LogP contribution < -0.4 is 0 Å². The summed E-state index contributed by atoms with van der Waals surface area (Å²) >= 11 is 0. The van der Waals surface area contributed by atoms with Gasteiger partial charge in [0.15, 0.2) is 0 Å². The Morgan fingerprint density at radius 1 is 0.600 bits per heavy atom. The molecule has 0 aliphatic rings. The first-order valence-corrected chi connectivity index (χ1v) is 0. The van der Waals surface area contributed by atoms with Gasteiger partial charge in [0.2, 0.25) is 0 Å². The van der Waals surface area contributed by atoms with Crippen LogP contribution in [0.25, 0.3) is 0 Å². The molecule has 30 valence electrons. The molecule has 0 bridgehead atoms. The van der Waals surface area contributed by atoms with Crippen molar-refractivity contribution in [2.24, 2.45) is 0 Å². The molecule has 5 heteroatoms. The Balaban J connectivity index is 0. The molecule has 0 aromatic carbocycles. The fraction of sp³-hybridized carbons (Fsp3) is 0. The van der Waals surface area contributed by atoms with Gasteiger partial charge in [-0.25, -0.2) is 0 Å². The molecule has 0 N–H and O–H groups in total. The minimum atomic E-state index is 0. The zero-order valence-corrected chi connectivity index (χ0v) is 1.22. The van der Waals surface area contributed by atoms with Gasteiger partial charge in [0, 0.05) is 0 Å². The van der Waals surface area contributed by atoms with Crippen molar-refractivity contribution in [3.05, 3.63) is 0 Å². The molecule has 5 heavy (non-hydrogen) atoms. The van der Waals surface area contributed by atoms with Crippen molar-refractivity contribution >= 4 is 67.7 Å². The maximum absolute atomic E-state index is 0. The van der Waals surface area contributed by atoms with E-state index in [-0.39, 0.29) is 81.9 Å². The summed E-state index contributed by atoms with van der Waals surface area (Å²) < 4.78 is 0. The quantitative estimate of drug-likeness (QED) is 0.442. The van der Waals surface area contributed by atoms with Gasteiger partial charge in [-0.05, 0) is 0 Å². The zero-order valence-electron chi connectivity index (χ0n) is 1.22. The summed E-state index contributed by atoms with van der Waals surface area (Å²) in [5.41, 5.74) is 0. The van der Waals surface area contributed by atoms with Gasteiger partial charge in [0.25, 0.3) is 0 Å². The molecule has 0 fully saturated rings. The maximum atomic E-state index is 0. The van der Waals surface area contributed by atoms with Crippen molar-refractivity contribution in [2.75, 3.05) is 0 Å². The van der Waals surface area contributed by atoms with Gasteiger partial charge in [-0.2, -0.15) is 0 Å². The SMILES string of the molecule is F.F.F.[BaH2].[LiH]. The first kappa shape index (κ1) is 64.4. The van der Waals surface area contributed by atoms with E-state index in [9.17, 15) is 0 Å². The van der Waals surface area contributed by atoms with E-state index in [1.54, 1.807) is 0 Å². The second kappa shape index (κ2) is 38.2. The molecule has 0 spiro atoms. The molecule has 0 aliphatic heterocycles. The molecule has 0 nitrogen and oxygen atoms in total. The summed E-state index contributed by atoms with van der Waals surface area (Å²) in [4.78, 5) is 0. The average molecular weight is 207 g/mol. The Kier molecular flexibility index (Phi) is 492. The van der Waals surface area contributed by atoms with Crippen molar-refractivity contribution in [1.29, 1.82) is 0 Å². The zero-order chi connectivity index (χ0) is 0. The van der Waals surface area contributed by atoms with Crippen LogP contribution in [0.3, 0.4) is 0 Å². The number of halogens is 3. The molecular weight excluding hydrogens is 201 g/mol. The van der Waals surface area contributed by atoms with Crippen molar-refractivity contribution in [3.8, 4) is 0 Å². The summed E-state index contributed by atoms with van der Waals surface area (Å²) in [5, 5.41) is 0. The number of hydrogen-bond acceptors (Lipinski definition) is 0. The van der Waals surface area contributed by atoms with E-state index in [4.69, 9.17) is 0 Å². The Bertz CT molecular complexity index is 6.85. The third kappa shape index (κ3) is 24.3. The topological polar surface area (TPSA) is 0 Å². The van der Waals surface area contributed by atoms with E-state index in [1.165, 1.54) is 0 Å². The molecule has 0 heterocycles. The van der Waals surface area contributed by atoms with E-state index < -0.39 is 0 Å². The molecule has 0 aromatic heterocycles. The van der Waals surface area contributed by atoms with Gasteiger partial charge in [-0.3, -0.25) is 14.1 Å². The van der Waals surface area contributed by atoms with Crippen molar-refractivity contribution in [1.82, 2.24) is 0 Å². The summed E-state index contributed by atoms with van der Waals surface area (Å²) in [7, 11) is 0. The summed E-state index contributed by atoms with van der Waals surface area (Å²) in [6, 6.07) is 0. The fourth-order valence-electron chi connectivity index (χ4n) is 0. The Labute approximate surface area is 80.4 Å². The van der Waals surface area contributed by atoms with Crippen LogP contribution in [0.15, 0.2) is 0 Å². The van der Waals surface area contributed by atoms with Crippen LogP contribution in [-0.2, 0) is 0 Å². The first-order chi connectivity index (χ1) is 0. The van der Waals surface area contributed by atoms with Crippen LogP contribution in [0.4, 0.5) is 14.1 Å². The van der Waals surface area contributed by atoms with E-state index >= 15 is 0 Å². The van der Waals surface area contributed by atoms with E-state index in [0.29, 0.717) is 0 Å². The molecule has 0 unspecified atom stereocenters. The Morgan fingerprint density at radius 2 is 0.600 bits per heavy atom. The molecule has 0 amide bonds. The molecular formula is H6BaF3Li. The first-order valence-electron chi connectivity index (χ1n) is 0. The van der Waals surface area contributed by atoms with Crippen molar-refractivity contribution in [3.63, 3.8) is 0 Å². The third-order valence-electron chi connectivity index (χ3n) is 0. The average Bonchev–Trinajstić information content (AvgIpc) is 0. The molecule has 0 aromatic rings. The van der Waals surface area contributed by atoms with E-state index in [2.05, 4.69) is 0 Å². The van der Waals surface area contributed by atoms with Gasteiger partial charge in [-0.1, -0.05) is 0 Å².